The van der Waals surface area contributed by atoms with Gasteiger partial charge in [-0.2, -0.15) is 0 Å². The summed E-state index contributed by atoms with van der Waals surface area (Å²) >= 11 is 0. The maximum Gasteiger partial charge on any atom is 0.303 e. The second kappa shape index (κ2) is 4.38. The van der Waals surface area contributed by atoms with Crippen molar-refractivity contribution in [1.29, 1.82) is 0 Å². The molecule has 0 unspecified atom stereocenters. The van der Waals surface area contributed by atoms with Gasteiger partial charge in [-0.05, 0) is 29.7 Å². The summed E-state index contributed by atoms with van der Waals surface area (Å²) in [5.74, 6) is 0.173. The van der Waals surface area contributed by atoms with Crippen molar-refractivity contribution >= 4 is 5.97 Å². The topological polar surface area (TPSA) is 55.8 Å². The van der Waals surface area contributed by atoms with Crippen molar-refractivity contribution in [3.63, 3.8) is 0 Å². The lowest BCUT2D eigenvalue weighted by Crippen LogP contribution is -2.00. The van der Waals surface area contributed by atoms with Gasteiger partial charge in [0.1, 0.15) is 6.67 Å². The molecular formula is C11H11FO4. The smallest absolute Gasteiger partial charge is 0.303 e. The van der Waals surface area contributed by atoms with Crippen molar-refractivity contribution in [2.24, 2.45) is 0 Å². The molecule has 0 aromatic heterocycles. The second-order valence-corrected chi connectivity index (χ2v) is 3.50. The summed E-state index contributed by atoms with van der Waals surface area (Å²) in [4.78, 5) is 10.5. The van der Waals surface area contributed by atoms with E-state index >= 15 is 0 Å². The number of aryl methyl sites for hydroxylation is 1. The number of benzene rings is 1. The number of aliphatic carboxylic acids is 1. The van der Waals surface area contributed by atoms with E-state index in [4.69, 9.17) is 14.6 Å². The molecule has 2 rings (SSSR count). The fourth-order valence-corrected chi connectivity index (χ4v) is 1.62. The Morgan fingerprint density at radius 2 is 1.94 bits per heavy atom. The minimum absolute atomic E-state index is 0.0212. The first-order valence-electron chi connectivity index (χ1n) is 4.90. The highest BCUT2D eigenvalue weighted by Crippen LogP contribution is 2.35. The van der Waals surface area contributed by atoms with Crippen LogP contribution in [0.3, 0.4) is 0 Å². The van der Waals surface area contributed by atoms with Crippen molar-refractivity contribution in [2.45, 2.75) is 19.5 Å². The third-order valence-corrected chi connectivity index (χ3v) is 2.45. The third kappa shape index (κ3) is 2.08. The Morgan fingerprint density at radius 3 is 2.50 bits per heavy atom. The molecule has 0 fully saturated rings. The van der Waals surface area contributed by atoms with Gasteiger partial charge in [0, 0.05) is 6.42 Å². The molecule has 16 heavy (non-hydrogen) atoms. The van der Waals surface area contributed by atoms with Gasteiger partial charge in [-0.25, -0.2) is 4.39 Å². The lowest BCUT2D eigenvalue weighted by atomic mass is 10.0. The van der Waals surface area contributed by atoms with Crippen LogP contribution in [0.4, 0.5) is 4.39 Å². The first kappa shape index (κ1) is 10.7. The Kier molecular flexibility index (Phi) is 2.94. The quantitative estimate of drug-likeness (QED) is 0.851. The van der Waals surface area contributed by atoms with Crippen LogP contribution in [0.2, 0.25) is 0 Å². The minimum atomic E-state index is -0.900. The van der Waals surface area contributed by atoms with Crippen LogP contribution in [-0.2, 0) is 17.9 Å². The number of alkyl halides is 1. The van der Waals surface area contributed by atoms with E-state index < -0.39 is 12.6 Å². The van der Waals surface area contributed by atoms with Gasteiger partial charge in [-0.15, -0.1) is 0 Å². The molecule has 1 aromatic carbocycles. The summed E-state index contributed by atoms with van der Waals surface area (Å²) in [5, 5.41) is 8.58. The summed E-state index contributed by atoms with van der Waals surface area (Å²) in [6, 6.07) is 3.22. The van der Waals surface area contributed by atoms with Crippen molar-refractivity contribution in [1.82, 2.24) is 0 Å². The van der Waals surface area contributed by atoms with Gasteiger partial charge < -0.3 is 14.6 Å². The predicted molar refractivity (Wildman–Crippen MR) is 53.3 cm³/mol. The zero-order valence-electron chi connectivity index (χ0n) is 8.53. The van der Waals surface area contributed by atoms with Crippen LogP contribution in [0.5, 0.6) is 11.5 Å². The highest BCUT2D eigenvalue weighted by atomic mass is 19.1. The van der Waals surface area contributed by atoms with E-state index in [1.807, 2.05) is 0 Å². The molecular weight excluding hydrogens is 215 g/mol. The molecule has 0 saturated carbocycles. The Morgan fingerprint density at radius 1 is 1.31 bits per heavy atom. The van der Waals surface area contributed by atoms with E-state index in [0.717, 1.165) is 0 Å². The van der Waals surface area contributed by atoms with E-state index in [2.05, 4.69) is 0 Å². The van der Waals surface area contributed by atoms with Crippen molar-refractivity contribution in [3.05, 3.63) is 23.3 Å². The first-order chi connectivity index (χ1) is 7.70. The van der Waals surface area contributed by atoms with Gasteiger partial charge in [-0.3, -0.25) is 4.79 Å². The van der Waals surface area contributed by atoms with Gasteiger partial charge in [0.15, 0.2) is 11.5 Å². The van der Waals surface area contributed by atoms with E-state index in [9.17, 15) is 9.18 Å². The average molecular weight is 226 g/mol. The summed E-state index contributed by atoms with van der Waals surface area (Å²) < 4.78 is 23.0. The van der Waals surface area contributed by atoms with Crippen molar-refractivity contribution in [2.75, 3.05) is 6.79 Å². The number of rotatable bonds is 4. The SMILES string of the molecule is O=C(O)CCc1cc2c(cc1CF)OCO2. The molecule has 0 bridgehead atoms. The minimum Gasteiger partial charge on any atom is -0.481 e. The second-order valence-electron chi connectivity index (χ2n) is 3.50. The van der Waals surface area contributed by atoms with Crippen LogP contribution >= 0.6 is 0 Å². The first-order valence-corrected chi connectivity index (χ1v) is 4.90. The summed E-state index contributed by atoms with van der Waals surface area (Å²) in [7, 11) is 0. The fourth-order valence-electron chi connectivity index (χ4n) is 1.62. The maximum absolute atomic E-state index is 12.7. The zero-order valence-corrected chi connectivity index (χ0v) is 8.53. The van der Waals surface area contributed by atoms with E-state index in [1.165, 1.54) is 0 Å². The Balaban J connectivity index is 2.25. The van der Waals surface area contributed by atoms with E-state index in [-0.39, 0.29) is 13.2 Å². The Hall–Kier alpha value is -1.78. The van der Waals surface area contributed by atoms with Crippen LogP contribution in [-0.4, -0.2) is 17.9 Å². The molecule has 1 aromatic rings. The molecule has 1 aliphatic heterocycles. The lowest BCUT2D eigenvalue weighted by Gasteiger charge is -2.07. The van der Waals surface area contributed by atoms with Crippen molar-refractivity contribution in [3.8, 4) is 11.5 Å². The molecule has 0 radical (unpaired) electrons. The molecule has 0 atom stereocenters. The number of hydrogen-bond donors (Lipinski definition) is 1. The average Bonchev–Trinajstić information content (AvgIpc) is 2.71. The molecule has 1 N–H and O–H groups in total. The molecule has 1 heterocycles. The summed E-state index contributed by atoms with van der Waals surface area (Å²) in [6.07, 6.45) is 0.276. The van der Waals surface area contributed by atoms with E-state index in [1.54, 1.807) is 12.1 Å². The summed E-state index contributed by atoms with van der Waals surface area (Å²) in [6.45, 7) is -0.505. The van der Waals surface area contributed by atoms with Gasteiger partial charge in [0.05, 0.1) is 0 Å². The highest BCUT2D eigenvalue weighted by molar-refractivity contribution is 5.67. The molecule has 4 nitrogen and oxygen atoms in total. The largest absolute Gasteiger partial charge is 0.481 e. The van der Waals surface area contributed by atoms with Gasteiger partial charge in [0.25, 0.3) is 0 Å². The molecule has 1 aliphatic rings. The fraction of sp³-hybridized carbons (Fsp3) is 0.364. The number of carboxylic acids is 1. The van der Waals surface area contributed by atoms with Crippen LogP contribution in [0, 0.1) is 0 Å². The van der Waals surface area contributed by atoms with Gasteiger partial charge >= 0.3 is 5.97 Å². The Bertz CT molecular complexity index is 417. The van der Waals surface area contributed by atoms with E-state index in [0.29, 0.717) is 29.0 Å². The molecule has 0 amide bonds. The highest BCUT2D eigenvalue weighted by Gasteiger charge is 2.17. The molecule has 0 saturated heterocycles. The molecule has 86 valence electrons. The maximum atomic E-state index is 12.7. The summed E-state index contributed by atoms with van der Waals surface area (Å²) in [5.41, 5.74) is 1.12. The van der Waals surface area contributed by atoms with Crippen LogP contribution in [0.25, 0.3) is 0 Å². The number of ether oxygens (including phenoxy) is 2. The number of halogens is 1. The molecule has 5 heteroatoms. The molecule has 0 spiro atoms. The zero-order chi connectivity index (χ0) is 11.5. The van der Waals surface area contributed by atoms with Crippen molar-refractivity contribution < 1.29 is 23.8 Å². The lowest BCUT2D eigenvalue weighted by molar-refractivity contribution is -0.136. The number of carbonyl (C=O) groups is 1. The monoisotopic (exact) mass is 226 g/mol. The number of carboxylic acid groups (broad SMARTS) is 1. The number of fused-ring (bicyclic) bond motifs is 1. The third-order valence-electron chi connectivity index (χ3n) is 2.45. The normalized spacial score (nSPS) is 12.8. The van der Waals surface area contributed by atoms with Crippen LogP contribution in [0.15, 0.2) is 12.1 Å². The molecule has 0 aliphatic carbocycles. The van der Waals surface area contributed by atoms with Gasteiger partial charge in [-0.1, -0.05) is 0 Å². The number of hydrogen-bond acceptors (Lipinski definition) is 3. The Labute approximate surface area is 91.6 Å². The van der Waals surface area contributed by atoms with Gasteiger partial charge in [0.2, 0.25) is 6.79 Å². The standard InChI is InChI=1S/C11H11FO4/c12-5-8-4-10-9(15-6-16-10)3-7(8)1-2-11(13)14/h3-4H,1-2,5-6H2,(H,13,14). The van der Waals surface area contributed by atoms with Crippen LogP contribution in [0.1, 0.15) is 17.5 Å². The van der Waals surface area contributed by atoms with Crippen LogP contribution < -0.4 is 9.47 Å². The predicted octanol–water partition coefficient (Wildman–Crippen LogP) is 1.90.